The molecule has 0 aromatic carbocycles. The lowest BCUT2D eigenvalue weighted by atomic mass is 10.3. The number of hydrogen-bond donors (Lipinski definition) is 1. The number of thiophene rings is 2. The smallest absolute Gasteiger partial charge is 0.345 e. The summed E-state index contributed by atoms with van der Waals surface area (Å²) in [5.74, 6) is -1.17. The summed E-state index contributed by atoms with van der Waals surface area (Å²) in [4.78, 5) is 11.7. The molecular formula is C11H10O4S3. The molecule has 0 saturated carbocycles. The third-order valence-electron chi connectivity index (χ3n) is 2.38. The zero-order chi connectivity index (χ0) is 13.3. The summed E-state index contributed by atoms with van der Waals surface area (Å²) < 4.78 is 24.4. The maximum atomic E-state index is 12.1. The zero-order valence-electron chi connectivity index (χ0n) is 9.41. The first-order valence-electron chi connectivity index (χ1n) is 4.99. The molecule has 2 heterocycles. The summed E-state index contributed by atoms with van der Waals surface area (Å²) in [6.07, 6.45) is 0. The van der Waals surface area contributed by atoms with E-state index >= 15 is 0 Å². The molecular weight excluding hydrogens is 292 g/mol. The van der Waals surface area contributed by atoms with E-state index < -0.39 is 15.8 Å². The van der Waals surface area contributed by atoms with Crippen LogP contribution in [-0.4, -0.2) is 19.5 Å². The van der Waals surface area contributed by atoms with Crippen LogP contribution >= 0.6 is 22.7 Å². The van der Waals surface area contributed by atoms with E-state index in [0.29, 0.717) is 9.77 Å². The van der Waals surface area contributed by atoms with Crippen LogP contribution in [0.15, 0.2) is 27.8 Å². The Balaban J connectivity index is 2.33. The van der Waals surface area contributed by atoms with Gasteiger partial charge < -0.3 is 5.11 Å². The first kappa shape index (κ1) is 13.3. The fourth-order valence-electron chi connectivity index (χ4n) is 1.48. The normalized spacial score (nSPS) is 11.6. The van der Waals surface area contributed by atoms with Gasteiger partial charge in [-0.2, -0.15) is 0 Å². The largest absolute Gasteiger partial charge is 0.477 e. The third-order valence-corrected chi connectivity index (χ3v) is 6.61. The van der Waals surface area contributed by atoms with Crippen LogP contribution in [0.5, 0.6) is 0 Å². The molecule has 0 radical (unpaired) electrons. The highest BCUT2D eigenvalue weighted by molar-refractivity contribution is 7.92. The van der Waals surface area contributed by atoms with Crippen molar-refractivity contribution >= 4 is 38.5 Å². The number of carboxylic acid groups (broad SMARTS) is 1. The molecule has 0 bridgehead atoms. The van der Waals surface area contributed by atoms with E-state index in [4.69, 9.17) is 5.11 Å². The molecule has 96 valence electrons. The second-order valence-corrected chi connectivity index (χ2v) is 8.11. The number of aromatic carboxylic acids is 1. The summed E-state index contributed by atoms with van der Waals surface area (Å²) in [6, 6.07) is 4.67. The van der Waals surface area contributed by atoms with Crippen LogP contribution in [0, 0.1) is 6.92 Å². The van der Waals surface area contributed by atoms with Gasteiger partial charge in [0, 0.05) is 4.88 Å². The molecule has 0 atom stereocenters. The number of sulfone groups is 1. The van der Waals surface area contributed by atoms with Gasteiger partial charge in [0.15, 0.2) is 9.84 Å². The van der Waals surface area contributed by atoms with E-state index in [0.717, 1.165) is 16.2 Å². The number of carbonyl (C=O) groups is 1. The van der Waals surface area contributed by atoms with E-state index in [9.17, 15) is 13.2 Å². The van der Waals surface area contributed by atoms with Gasteiger partial charge in [0.1, 0.15) is 9.09 Å². The molecule has 0 aliphatic heterocycles. The lowest BCUT2D eigenvalue weighted by Gasteiger charge is -2.00. The van der Waals surface area contributed by atoms with Crippen molar-refractivity contribution < 1.29 is 18.3 Å². The maximum Gasteiger partial charge on any atom is 0.345 e. The molecule has 0 aliphatic carbocycles. The van der Waals surface area contributed by atoms with Gasteiger partial charge in [0.2, 0.25) is 0 Å². The minimum atomic E-state index is -3.37. The van der Waals surface area contributed by atoms with Crippen molar-refractivity contribution in [1.82, 2.24) is 0 Å². The van der Waals surface area contributed by atoms with Crippen LogP contribution in [0.1, 0.15) is 20.1 Å². The molecule has 0 unspecified atom stereocenters. The SMILES string of the molecule is Cc1sc(C(=O)O)cc1CS(=O)(=O)c1cccs1. The Morgan fingerprint density at radius 1 is 1.44 bits per heavy atom. The number of rotatable bonds is 4. The van der Waals surface area contributed by atoms with Crippen molar-refractivity contribution in [1.29, 1.82) is 0 Å². The molecule has 0 amide bonds. The highest BCUT2D eigenvalue weighted by atomic mass is 32.2. The average Bonchev–Trinajstić information content (AvgIpc) is 2.88. The van der Waals surface area contributed by atoms with Gasteiger partial charge in [-0.15, -0.1) is 22.7 Å². The number of aryl methyl sites for hydroxylation is 1. The van der Waals surface area contributed by atoms with Gasteiger partial charge in [-0.25, -0.2) is 13.2 Å². The standard InChI is InChI=1S/C11H10O4S3/c1-7-8(5-9(17-7)11(12)13)6-18(14,15)10-3-2-4-16-10/h2-5H,6H2,1H3,(H,12,13). The van der Waals surface area contributed by atoms with Gasteiger partial charge in [-0.3, -0.25) is 0 Å². The van der Waals surface area contributed by atoms with E-state index in [1.807, 2.05) is 0 Å². The maximum absolute atomic E-state index is 12.1. The van der Waals surface area contributed by atoms with Gasteiger partial charge >= 0.3 is 5.97 Å². The van der Waals surface area contributed by atoms with Crippen LogP contribution in [0.4, 0.5) is 0 Å². The highest BCUT2D eigenvalue weighted by Gasteiger charge is 2.20. The lowest BCUT2D eigenvalue weighted by molar-refractivity contribution is 0.0702. The van der Waals surface area contributed by atoms with E-state index in [2.05, 4.69) is 0 Å². The Morgan fingerprint density at radius 3 is 2.67 bits per heavy atom. The zero-order valence-corrected chi connectivity index (χ0v) is 11.9. The van der Waals surface area contributed by atoms with E-state index in [1.165, 1.54) is 17.4 Å². The molecule has 0 spiro atoms. The Labute approximate surface area is 112 Å². The molecule has 2 rings (SSSR count). The first-order valence-corrected chi connectivity index (χ1v) is 8.34. The van der Waals surface area contributed by atoms with Crippen LogP contribution in [-0.2, 0) is 15.6 Å². The van der Waals surface area contributed by atoms with Crippen LogP contribution in [0.3, 0.4) is 0 Å². The Bertz CT molecular complexity index is 665. The first-order chi connectivity index (χ1) is 8.40. The summed E-state index contributed by atoms with van der Waals surface area (Å²) in [7, 11) is -3.37. The fourth-order valence-corrected chi connectivity index (χ4v) is 4.97. The lowest BCUT2D eigenvalue weighted by Crippen LogP contribution is -2.03. The van der Waals surface area contributed by atoms with Crippen molar-refractivity contribution in [2.75, 3.05) is 0 Å². The van der Waals surface area contributed by atoms with Crippen LogP contribution < -0.4 is 0 Å². The van der Waals surface area contributed by atoms with Crippen molar-refractivity contribution in [3.8, 4) is 0 Å². The fraction of sp³-hybridized carbons (Fsp3) is 0.182. The third kappa shape index (κ3) is 2.63. The predicted molar refractivity (Wildman–Crippen MR) is 71.2 cm³/mol. The van der Waals surface area contributed by atoms with Crippen LogP contribution in [0.25, 0.3) is 0 Å². The Kier molecular flexibility index (Phi) is 3.56. The van der Waals surface area contributed by atoms with Crippen molar-refractivity contribution in [3.63, 3.8) is 0 Å². The summed E-state index contributed by atoms with van der Waals surface area (Å²) >= 11 is 2.27. The summed E-state index contributed by atoms with van der Waals surface area (Å²) in [6.45, 7) is 1.73. The van der Waals surface area contributed by atoms with Crippen LogP contribution in [0.2, 0.25) is 0 Å². The second-order valence-electron chi connectivity index (χ2n) is 3.69. The molecule has 7 heteroatoms. The molecule has 0 aliphatic rings. The Hall–Kier alpha value is -1.18. The monoisotopic (exact) mass is 302 g/mol. The minimum absolute atomic E-state index is 0.150. The molecule has 1 N–H and O–H groups in total. The average molecular weight is 302 g/mol. The molecule has 2 aromatic rings. The molecule has 0 saturated heterocycles. The molecule has 2 aromatic heterocycles. The Morgan fingerprint density at radius 2 is 2.17 bits per heavy atom. The molecule has 18 heavy (non-hydrogen) atoms. The van der Waals surface area contributed by atoms with Gasteiger partial charge in [-0.05, 0) is 30.0 Å². The predicted octanol–water partition coefficient (Wildman–Crippen LogP) is 2.79. The van der Waals surface area contributed by atoms with Crippen molar-refractivity contribution in [2.45, 2.75) is 16.9 Å². The van der Waals surface area contributed by atoms with E-state index in [-0.39, 0.29) is 10.6 Å². The second kappa shape index (κ2) is 4.83. The topological polar surface area (TPSA) is 71.4 Å². The van der Waals surface area contributed by atoms with Crippen molar-refractivity contribution in [3.05, 3.63) is 38.9 Å². The molecule has 0 fully saturated rings. The highest BCUT2D eigenvalue weighted by Crippen LogP contribution is 2.27. The van der Waals surface area contributed by atoms with Crippen molar-refractivity contribution in [2.24, 2.45) is 0 Å². The van der Waals surface area contributed by atoms with Gasteiger partial charge in [0.05, 0.1) is 5.75 Å². The minimum Gasteiger partial charge on any atom is -0.477 e. The quantitative estimate of drug-likeness (QED) is 0.942. The van der Waals surface area contributed by atoms with Gasteiger partial charge in [-0.1, -0.05) is 6.07 Å². The summed E-state index contributed by atoms with van der Waals surface area (Å²) in [5, 5.41) is 10.6. The van der Waals surface area contributed by atoms with Gasteiger partial charge in [0.25, 0.3) is 0 Å². The molecule has 4 nitrogen and oxygen atoms in total. The van der Waals surface area contributed by atoms with E-state index in [1.54, 1.807) is 24.4 Å². The number of hydrogen-bond acceptors (Lipinski definition) is 5. The summed E-state index contributed by atoms with van der Waals surface area (Å²) in [5.41, 5.74) is 0.561. The number of carboxylic acids is 1.